The van der Waals surface area contributed by atoms with Gasteiger partial charge in [0.15, 0.2) is 0 Å². The SMILES string of the molecule is C1CC2C3CCC(C3)C2C1.C1CC2C3CCC(C3)C2C1.CC.CC.CC.CC.CC.CC.CC.Oc1ccccc1.Oc1ccccc1.Oc1ccccc1. The van der Waals surface area contributed by atoms with Gasteiger partial charge in [0.2, 0.25) is 0 Å². The summed E-state index contributed by atoms with van der Waals surface area (Å²) in [6.07, 6.45) is 19.1. The standard InChI is InChI=1S/2C10H16.3C6H6O.7C2H6/c2*1-2-9-7-4-5-8(6-7)10(9)3-1;3*7-6-4-2-1-3-5-6;7*1-2/h2*7-10H,1-6H2;3*1-5,7H;7*1-2H3. The number of para-hydroxylation sites is 3. The van der Waals surface area contributed by atoms with Gasteiger partial charge >= 0.3 is 0 Å². The Kier molecular flexibility index (Phi) is 40.3. The molecule has 6 aliphatic carbocycles. The minimum atomic E-state index is 0.322. The van der Waals surface area contributed by atoms with E-state index in [0.717, 1.165) is 0 Å². The van der Waals surface area contributed by atoms with Crippen LogP contribution in [0.25, 0.3) is 0 Å². The van der Waals surface area contributed by atoms with Gasteiger partial charge in [-0.3, -0.25) is 0 Å². The van der Waals surface area contributed by atoms with Gasteiger partial charge in [-0.1, -0.05) is 164 Å². The van der Waals surface area contributed by atoms with Crippen LogP contribution in [0.2, 0.25) is 0 Å². The van der Waals surface area contributed by atoms with E-state index in [2.05, 4.69) is 0 Å². The summed E-state index contributed by atoms with van der Waals surface area (Å²) in [6.45, 7) is 28.0. The molecule has 0 spiro atoms. The van der Waals surface area contributed by atoms with Crippen molar-refractivity contribution in [1.82, 2.24) is 0 Å². The Morgan fingerprint density at radius 2 is 0.473 bits per heavy atom. The number of fused-ring (bicyclic) bond motifs is 10. The predicted molar refractivity (Wildman–Crippen MR) is 247 cm³/mol. The van der Waals surface area contributed by atoms with Crippen LogP contribution in [0.4, 0.5) is 0 Å². The minimum absolute atomic E-state index is 0.322. The van der Waals surface area contributed by atoms with Gasteiger partial charge in [-0.05, 0) is 148 Å². The van der Waals surface area contributed by atoms with Crippen LogP contribution in [-0.2, 0) is 0 Å². The highest BCUT2D eigenvalue weighted by atomic mass is 16.3. The van der Waals surface area contributed by atoms with Crippen molar-refractivity contribution < 1.29 is 15.3 Å². The summed E-state index contributed by atoms with van der Waals surface area (Å²) in [7, 11) is 0. The smallest absolute Gasteiger partial charge is 0.115 e. The Labute approximate surface area is 343 Å². The van der Waals surface area contributed by atoms with Crippen LogP contribution >= 0.6 is 0 Å². The van der Waals surface area contributed by atoms with Crippen molar-refractivity contribution in [2.75, 3.05) is 0 Å². The maximum Gasteiger partial charge on any atom is 0.115 e. The fourth-order valence-electron chi connectivity index (χ4n) is 9.32. The molecule has 8 unspecified atom stereocenters. The van der Waals surface area contributed by atoms with Crippen molar-refractivity contribution in [3.63, 3.8) is 0 Å². The molecular weight excluding hydrogens is 673 g/mol. The minimum Gasteiger partial charge on any atom is -0.508 e. The highest BCUT2D eigenvalue weighted by Gasteiger charge is 2.49. The lowest BCUT2D eigenvalue weighted by Gasteiger charge is -2.23. The van der Waals surface area contributed by atoms with Crippen LogP contribution in [0.3, 0.4) is 0 Å². The lowest BCUT2D eigenvalue weighted by atomic mass is 9.82. The molecule has 0 saturated heterocycles. The van der Waals surface area contributed by atoms with E-state index >= 15 is 0 Å². The van der Waals surface area contributed by atoms with Crippen molar-refractivity contribution in [1.29, 1.82) is 0 Å². The highest BCUT2D eigenvalue weighted by Crippen LogP contribution is 2.59. The van der Waals surface area contributed by atoms with Crippen molar-refractivity contribution >= 4 is 0 Å². The quantitative estimate of drug-likeness (QED) is 0.214. The molecule has 0 aromatic heterocycles. The second-order valence-electron chi connectivity index (χ2n) is 13.2. The van der Waals surface area contributed by atoms with E-state index in [4.69, 9.17) is 15.3 Å². The summed E-state index contributed by atoms with van der Waals surface area (Å²) in [5, 5.41) is 25.9. The van der Waals surface area contributed by atoms with Gasteiger partial charge in [-0.25, -0.2) is 0 Å². The molecule has 318 valence electrons. The molecule has 0 heterocycles. The molecule has 6 fully saturated rings. The van der Waals surface area contributed by atoms with E-state index in [1.807, 2.05) is 115 Å². The molecule has 0 aliphatic heterocycles. The largest absolute Gasteiger partial charge is 0.508 e. The Balaban J connectivity index is -0.000000574. The zero-order valence-electron chi connectivity index (χ0n) is 38.6. The third-order valence-electron chi connectivity index (χ3n) is 11.0. The Hall–Kier alpha value is -2.94. The maximum absolute atomic E-state index is 8.63. The van der Waals surface area contributed by atoms with Gasteiger partial charge < -0.3 is 15.3 Å². The summed E-state index contributed by atoms with van der Waals surface area (Å²) in [6, 6.07) is 26.1. The number of rotatable bonds is 0. The van der Waals surface area contributed by atoms with Crippen LogP contribution in [0.15, 0.2) is 91.0 Å². The fourth-order valence-corrected chi connectivity index (χ4v) is 9.32. The summed E-state index contributed by atoms with van der Waals surface area (Å²) in [4.78, 5) is 0. The van der Waals surface area contributed by atoms with Gasteiger partial charge in [-0.2, -0.15) is 0 Å². The molecular formula is C52H92O3. The summed E-state index contributed by atoms with van der Waals surface area (Å²) in [5.74, 6) is 10.6. The van der Waals surface area contributed by atoms with E-state index < -0.39 is 0 Å². The number of phenolic OH excluding ortho intramolecular Hbond substituents is 3. The van der Waals surface area contributed by atoms with E-state index in [9.17, 15) is 0 Å². The molecule has 55 heavy (non-hydrogen) atoms. The van der Waals surface area contributed by atoms with E-state index in [1.54, 1.807) is 150 Å². The second kappa shape index (κ2) is 39.3. The normalized spacial score (nSPS) is 25.0. The van der Waals surface area contributed by atoms with Crippen LogP contribution in [0.5, 0.6) is 17.2 Å². The topological polar surface area (TPSA) is 60.7 Å². The highest BCUT2D eigenvalue weighted by molar-refractivity contribution is 5.19. The first-order chi connectivity index (χ1) is 27.1. The lowest BCUT2D eigenvalue weighted by molar-refractivity contribution is 0.259. The maximum atomic E-state index is 8.63. The average molecular weight is 765 g/mol. The first kappa shape index (κ1) is 56.4. The summed E-state index contributed by atoms with van der Waals surface area (Å²) in [5.41, 5.74) is 0. The Morgan fingerprint density at radius 3 is 0.618 bits per heavy atom. The predicted octanol–water partition coefficient (Wildman–Crippen LogP) is 17.0. The van der Waals surface area contributed by atoms with Gasteiger partial charge in [0, 0.05) is 0 Å². The summed E-state index contributed by atoms with van der Waals surface area (Å²) < 4.78 is 0. The first-order valence-electron chi connectivity index (χ1n) is 23.3. The van der Waals surface area contributed by atoms with E-state index in [0.29, 0.717) is 17.2 Å². The van der Waals surface area contributed by atoms with Crippen molar-refractivity contribution in [3.8, 4) is 17.2 Å². The van der Waals surface area contributed by atoms with Crippen LogP contribution < -0.4 is 0 Å². The lowest BCUT2D eigenvalue weighted by Crippen LogP contribution is -2.15. The van der Waals surface area contributed by atoms with Crippen molar-refractivity contribution in [2.24, 2.45) is 47.3 Å². The number of benzene rings is 3. The zero-order chi connectivity index (χ0) is 42.4. The molecule has 8 atom stereocenters. The third kappa shape index (κ3) is 21.8. The molecule has 0 radical (unpaired) electrons. The van der Waals surface area contributed by atoms with Gasteiger partial charge in [-0.15, -0.1) is 0 Å². The van der Waals surface area contributed by atoms with Gasteiger partial charge in [0.25, 0.3) is 0 Å². The molecule has 0 amide bonds. The molecule has 6 aliphatic rings. The fraction of sp³-hybridized carbons (Fsp3) is 0.654. The zero-order valence-corrected chi connectivity index (χ0v) is 38.6. The molecule has 4 bridgehead atoms. The Bertz CT molecular complexity index is 978. The number of hydrogen-bond acceptors (Lipinski definition) is 3. The van der Waals surface area contributed by atoms with E-state index in [-0.39, 0.29) is 0 Å². The molecule has 9 rings (SSSR count). The number of hydrogen-bond donors (Lipinski definition) is 3. The monoisotopic (exact) mass is 765 g/mol. The van der Waals surface area contributed by atoms with E-state index in [1.165, 1.54) is 47.3 Å². The Morgan fingerprint density at radius 1 is 0.291 bits per heavy atom. The molecule has 6 saturated carbocycles. The third-order valence-corrected chi connectivity index (χ3v) is 11.0. The van der Waals surface area contributed by atoms with Crippen molar-refractivity contribution in [3.05, 3.63) is 91.0 Å². The number of aromatic hydroxyl groups is 3. The van der Waals surface area contributed by atoms with Crippen LogP contribution in [0, 0.1) is 47.3 Å². The molecule has 3 heteroatoms. The summed E-state index contributed by atoms with van der Waals surface area (Å²) >= 11 is 0. The van der Waals surface area contributed by atoms with Crippen LogP contribution in [-0.4, -0.2) is 15.3 Å². The molecule has 3 aromatic carbocycles. The second-order valence-corrected chi connectivity index (χ2v) is 13.2. The van der Waals surface area contributed by atoms with Crippen LogP contribution in [0.1, 0.15) is 174 Å². The molecule has 3 aromatic rings. The average Bonchev–Trinajstić information content (AvgIpc) is 4.15. The molecule has 3 N–H and O–H groups in total. The molecule has 3 nitrogen and oxygen atoms in total. The van der Waals surface area contributed by atoms with Gasteiger partial charge in [0.1, 0.15) is 17.2 Å². The van der Waals surface area contributed by atoms with Crippen molar-refractivity contribution in [2.45, 2.75) is 174 Å². The van der Waals surface area contributed by atoms with Gasteiger partial charge in [0.05, 0.1) is 0 Å². The first-order valence-corrected chi connectivity index (χ1v) is 23.3. The number of phenols is 3.